The Morgan fingerprint density at radius 2 is 1.59 bits per heavy atom. The van der Waals surface area contributed by atoms with Crippen LogP contribution in [0.25, 0.3) is 0 Å². The Bertz CT molecular complexity index is 1280. The van der Waals surface area contributed by atoms with E-state index in [9.17, 15) is 45.6 Å². The summed E-state index contributed by atoms with van der Waals surface area (Å²) in [6.07, 6.45) is -7.93. The quantitative estimate of drug-likeness (QED) is 0.126. The molecule has 14 nitrogen and oxygen atoms in total. The highest BCUT2D eigenvalue weighted by Gasteiger charge is 2.70. The Morgan fingerprint density at radius 1 is 0.878 bits per heavy atom. The lowest BCUT2D eigenvalue weighted by Gasteiger charge is -2.65. The molecule has 7 aliphatic rings. The van der Waals surface area contributed by atoms with Gasteiger partial charge in [-0.3, -0.25) is 0 Å². The van der Waals surface area contributed by atoms with Gasteiger partial charge in [0.25, 0.3) is 0 Å². The molecule has 4 aliphatic carbocycles. The standard InChI is InChI=1S/C35H54O14/c1-15-25(39)26(40)28(42)31(46-15)49-30-22(13-36)48-32(29(43)27(30)41)47-18-6-8-33(2)17(11-18)4-5-20-24(33)21(37)12-34(3)19(7-9-35(20,34)44)16-10-23(38)45-14-16/h10,15,17-22,24-32,36-37,39-44H,4-9,11-14H2,1-3H3/t15-,17+,18-,19+,20+,21+,22+,24+,25-,26+,27+,28-,29+,30+,31-,32+,33-,34+,35-/m0/s1. The molecule has 0 unspecified atom stereocenters. The molecule has 0 aromatic carbocycles. The van der Waals surface area contributed by atoms with Crippen LogP contribution in [0, 0.1) is 34.5 Å². The normalized spacial score (nSPS) is 56.0. The van der Waals surface area contributed by atoms with E-state index in [-0.39, 0.29) is 47.8 Å². The van der Waals surface area contributed by atoms with Crippen molar-refractivity contribution in [2.45, 2.75) is 151 Å². The highest BCUT2D eigenvalue weighted by atomic mass is 16.7. The number of carbonyl (C=O) groups excluding carboxylic acids is 1. The van der Waals surface area contributed by atoms with Crippen LogP contribution in [-0.4, -0.2) is 139 Å². The number of hydrogen-bond donors (Lipinski definition) is 8. The summed E-state index contributed by atoms with van der Waals surface area (Å²) in [5, 5.41) is 87.2. The van der Waals surface area contributed by atoms with Crippen molar-refractivity contribution in [1.29, 1.82) is 0 Å². The second kappa shape index (κ2) is 13.0. The molecular weight excluding hydrogens is 644 g/mol. The summed E-state index contributed by atoms with van der Waals surface area (Å²) in [5.41, 5.74) is -0.897. The fourth-order valence-electron chi connectivity index (χ4n) is 11.4. The Labute approximate surface area is 285 Å². The fourth-order valence-corrected chi connectivity index (χ4v) is 11.4. The number of aliphatic hydroxyl groups is 8. The van der Waals surface area contributed by atoms with E-state index in [0.29, 0.717) is 32.1 Å². The minimum absolute atomic E-state index is 0.0254. The first-order chi connectivity index (χ1) is 23.1. The number of hydrogen-bond acceptors (Lipinski definition) is 14. The second-order valence-electron chi connectivity index (χ2n) is 16.5. The van der Waals surface area contributed by atoms with E-state index in [1.807, 2.05) is 0 Å². The summed E-state index contributed by atoms with van der Waals surface area (Å²) >= 11 is 0. The summed E-state index contributed by atoms with van der Waals surface area (Å²) < 4.78 is 28.6. The van der Waals surface area contributed by atoms with E-state index >= 15 is 0 Å². The van der Waals surface area contributed by atoms with Crippen LogP contribution in [0.15, 0.2) is 11.6 Å². The molecule has 0 aromatic heterocycles. The van der Waals surface area contributed by atoms with Crippen LogP contribution in [-0.2, 0) is 28.5 Å². The number of cyclic esters (lactones) is 1. The first-order valence-electron chi connectivity index (χ1n) is 18.0. The maximum absolute atomic E-state index is 12.5. The van der Waals surface area contributed by atoms with Crippen LogP contribution >= 0.6 is 0 Å². The van der Waals surface area contributed by atoms with E-state index < -0.39 is 85.1 Å². The van der Waals surface area contributed by atoms with Gasteiger partial charge in [-0.15, -0.1) is 0 Å². The van der Waals surface area contributed by atoms with Crippen molar-refractivity contribution in [3.05, 3.63) is 11.6 Å². The number of esters is 1. The summed E-state index contributed by atoms with van der Waals surface area (Å²) in [6.45, 7) is 5.42. The van der Waals surface area contributed by atoms with Gasteiger partial charge in [0.05, 0.1) is 30.5 Å². The van der Waals surface area contributed by atoms with Gasteiger partial charge >= 0.3 is 5.97 Å². The van der Waals surface area contributed by atoms with Crippen LogP contribution in [0.1, 0.15) is 72.1 Å². The van der Waals surface area contributed by atoms with Gasteiger partial charge in [0.15, 0.2) is 12.6 Å². The van der Waals surface area contributed by atoms with E-state index in [4.69, 9.17) is 23.7 Å². The Morgan fingerprint density at radius 3 is 2.29 bits per heavy atom. The maximum Gasteiger partial charge on any atom is 0.331 e. The van der Waals surface area contributed by atoms with Crippen LogP contribution < -0.4 is 0 Å². The number of ether oxygens (including phenoxy) is 5. The number of fused-ring (bicyclic) bond motifs is 5. The van der Waals surface area contributed by atoms with Gasteiger partial charge < -0.3 is 64.5 Å². The lowest BCUT2D eigenvalue weighted by atomic mass is 9.42. The average molecular weight is 699 g/mol. The maximum atomic E-state index is 12.5. The van der Waals surface area contributed by atoms with E-state index in [0.717, 1.165) is 24.8 Å². The lowest BCUT2D eigenvalue weighted by Crippen LogP contribution is -2.66. The van der Waals surface area contributed by atoms with Gasteiger partial charge in [-0.1, -0.05) is 13.8 Å². The molecule has 6 fully saturated rings. The van der Waals surface area contributed by atoms with Gasteiger partial charge in [-0.25, -0.2) is 4.79 Å². The molecule has 49 heavy (non-hydrogen) atoms. The van der Waals surface area contributed by atoms with Crippen LogP contribution in [0.5, 0.6) is 0 Å². The van der Waals surface area contributed by atoms with E-state index in [2.05, 4.69) is 13.8 Å². The summed E-state index contributed by atoms with van der Waals surface area (Å²) in [7, 11) is 0. The third kappa shape index (κ3) is 5.64. The Hall–Kier alpha value is -1.27. The number of aliphatic hydroxyl groups excluding tert-OH is 7. The van der Waals surface area contributed by atoms with Gasteiger partial charge in [0, 0.05) is 11.5 Å². The predicted octanol–water partition coefficient (Wildman–Crippen LogP) is -0.749. The molecule has 2 saturated heterocycles. The topological polar surface area (TPSA) is 225 Å². The number of rotatable bonds is 6. The molecule has 8 N–H and O–H groups in total. The zero-order valence-electron chi connectivity index (χ0n) is 28.4. The average Bonchev–Trinajstić information content (AvgIpc) is 3.61. The molecule has 3 heterocycles. The van der Waals surface area contributed by atoms with Crippen LogP contribution in [0.3, 0.4) is 0 Å². The van der Waals surface area contributed by atoms with Crippen molar-refractivity contribution in [3.63, 3.8) is 0 Å². The summed E-state index contributed by atoms with van der Waals surface area (Å²) in [6, 6.07) is 0. The smallest absolute Gasteiger partial charge is 0.331 e. The second-order valence-corrected chi connectivity index (χ2v) is 16.5. The molecule has 0 aromatic rings. The first kappa shape index (κ1) is 36.1. The zero-order chi connectivity index (χ0) is 35.2. The van der Waals surface area contributed by atoms with E-state index in [1.165, 1.54) is 6.92 Å². The Kier molecular flexibility index (Phi) is 9.57. The highest BCUT2D eigenvalue weighted by molar-refractivity contribution is 5.85. The molecule has 0 amide bonds. The van der Waals surface area contributed by atoms with Gasteiger partial charge in [-0.05, 0) is 93.0 Å². The largest absolute Gasteiger partial charge is 0.458 e. The van der Waals surface area contributed by atoms with Crippen molar-refractivity contribution in [2.75, 3.05) is 13.2 Å². The third-order valence-corrected chi connectivity index (χ3v) is 14.1. The van der Waals surface area contributed by atoms with Crippen molar-refractivity contribution in [1.82, 2.24) is 0 Å². The van der Waals surface area contributed by atoms with Crippen molar-refractivity contribution >= 4 is 5.97 Å². The molecule has 3 aliphatic heterocycles. The van der Waals surface area contributed by atoms with E-state index in [1.54, 1.807) is 6.08 Å². The molecule has 4 saturated carbocycles. The molecule has 19 atom stereocenters. The van der Waals surface area contributed by atoms with Crippen LogP contribution in [0.2, 0.25) is 0 Å². The van der Waals surface area contributed by atoms with Crippen molar-refractivity contribution in [3.8, 4) is 0 Å². The predicted molar refractivity (Wildman–Crippen MR) is 167 cm³/mol. The summed E-state index contributed by atoms with van der Waals surface area (Å²) in [5.74, 6) is -0.415. The summed E-state index contributed by atoms with van der Waals surface area (Å²) in [4.78, 5) is 11.9. The van der Waals surface area contributed by atoms with Crippen molar-refractivity contribution < 1.29 is 69.3 Å². The van der Waals surface area contributed by atoms with Gasteiger partial charge in [0.2, 0.25) is 0 Å². The minimum Gasteiger partial charge on any atom is -0.458 e. The highest BCUT2D eigenvalue weighted by Crippen LogP contribution is 2.70. The molecule has 0 bridgehead atoms. The third-order valence-electron chi connectivity index (χ3n) is 14.1. The molecule has 278 valence electrons. The van der Waals surface area contributed by atoms with Crippen molar-refractivity contribution in [2.24, 2.45) is 34.5 Å². The number of carbonyl (C=O) groups is 1. The molecule has 7 rings (SSSR count). The van der Waals surface area contributed by atoms with Gasteiger partial charge in [0.1, 0.15) is 49.3 Å². The molecule has 0 radical (unpaired) electrons. The Balaban J connectivity index is 1.01. The molecule has 0 spiro atoms. The first-order valence-corrected chi connectivity index (χ1v) is 18.0. The lowest BCUT2D eigenvalue weighted by molar-refractivity contribution is -0.362. The molecular formula is C35H54O14. The monoisotopic (exact) mass is 698 g/mol. The van der Waals surface area contributed by atoms with Gasteiger partial charge in [-0.2, -0.15) is 0 Å². The van der Waals surface area contributed by atoms with Crippen LogP contribution in [0.4, 0.5) is 0 Å². The molecule has 14 heteroatoms. The zero-order valence-corrected chi connectivity index (χ0v) is 28.4. The minimum atomic E-state index is -1.65. The fraction of sp³-hybridized carbons (Fsp3) is 0.914. The SMILES string of the molecule is C[C@@H]1O[C@@H](O[C@H]2[C@H](O)[C@@H](O)[C@H](O[C@H]3CC[C@@]4(C)[C@H](CC[C@@H]5[C@@H]4[C@H](O)C[C@]4(C)[C@@H](C6=CC(=O)OC6)CC[C@]54O)C3)O[C@@H]2CO)[C@@H](O)[C@H](O)[C@H]1O.